The molecule has 1 atom stereocenters. The van der Waals surface area contributed by atoms with Crippen LogP contribution in [0.2, 0.25) is 0 Å². The Bertz CT molecular complexity index is 928. The third-order valence-corrected chi connectivity index (χ3v) is 4.91. The Kier molecular flexibility index (Phi) is 4.72. The van der Waals surface area contributed by atoms with Crippen LogP contribution in [0.25, 0.3) is 0 Å². The van der Waals surface area contributed by atoms with Crippen LogP contribution < -0.4 is 5.32 Å². The summed E-state index contributed by atoms with van der Waals surface area (Å²) in [7, 11) is 0. The lowest BCUT2D eigenvalue weighted by molar-refractivity contribution is -0.114. The van der Waals surface area contributed by atoms with Crippen molar-refractivity contribution in [2.45, 2.75) is 39.4 Å². The van der Waals surface area contributed by atoms with E-state index >= 15 is 0 Å². The number of hydrogen-bond acceptors (Lipinski definition) is 5. The van der Waals surface area contributed by atoms with Crippen molar-refractivity contribution >= 4 is 11.6 Å². The Morgan fingerprint density at radius 2 is 2.11 bits per heavy atom. The third kappa shape index (κ3) is 3.48. The highest BCUT2D eigenvalue weighted by Crippen LogP contribution is 2.34. The Labute approximate surface area is 157 Å². The molecule has 2 aromatic heterocycles. The maximum absolute atomic E-state index is 11.3. The minimum absolute atomic E-state index is 0.0355. The van der Waals surface area contributed by atoms with E-state index in [2.05, 4.69) is 49.3 Å². The summed E-state index contributed by atoms with van der Waals surface area (Å²) in [6.07, 6.45) is 4.30. The van der Waals surface area contributed by atoms with Gasteiger partial charge in [0.05, 0.1) is 24.6 Å². The molecule has 0 bridgehead atoms. The van der Waals surface area contributed by atoms with Gasteiger partial charge in [0.25, 0.3) is 0 Å². The summed E-state index contributed by atoms with van der Waals surface area (Å²) in [4.78, 5) is 26.0. The van der Waals surface area contributed by atoms with E-state index in [1.54, 1.807) is 12.7 Å². The van der Waals surface area contributed by atoms with Crippen LogP contribution in [0.5, 0.6) is 0 Å². The van der Waals surface area contributed by atoms with E-state index in [1.807, 2.05) is 16.8 Å². The molecule has 0 aliphatic carbocycles. The van der Waals surface area contributed by atoms with Crippen molar-refractivity contribution in [1.29, 1.82) is 0 Å². The van der Waals surface area contributed by atoms with Gasteiger partial charge in [-0.3, -0.25) is 9.69 Å². The number of carbonyl (C=O) groups is 1. The Hall–Kier alpha value is -3.00. The van der Waals surface area contributed by atoms with Crippen LogP contribution in [-0.4, -0.2) is 42.1 Å². The number of aryl methyl sites for hydroxylation is 1. The van der Waals surface area contributed by atoms with Crippen LogP contribution in [0.4, 0.5) is 5.69 Å². The highest BCUT2D eigenvalue weighted by Gasteiger charge is 2.31. The van der Waals surface area contributed by atoms with E-state index < -0.39 is 0 Å². The summed E-state index contributed by atoms with van der Waals surface area (Å²) in [5, 5.41) is 7.10. The van der Waals surface area contributed by atoms with E-state index in [4.69, 9.17) is 0 Å². The van der Waals surface area contributed by atoms with Gasteiger partial charge in [-0.2, -0.15) is 5.10 Å². The van der Waals surface area contributed by atoms with Crippen molar-refractivity contribution in [3.8, 4) is 0 Å². The first kappa shape index (κ1) is 17.4. The minimum atomic E-state index is -0.0736. The summed E-state index contributed by atoms with van der Waals surface area (Å²) in [5.74, 6) is 0.881. The van der Waals surface area contributed by atoms with Gasteiger partial charge in [-0.1, -0.05) is 12.1 Å². The highest BCUT2D eigenvalue weighted by molar-refractivity contribution is 5.88. The molecule has 2 N–H and O–H groups in total. The SMILES string of the molecule is CCn1ncnc1CN1CCc2[nH]cnc2[C@@H]1c1ccc(NC(C)=O)cc1. The van der Waals surface area contributed by atoms with E-state index in [-0.39, 0.29) is 11.9 Å². The first-order valence-corrected chi connectivity index (χ1v) is 9.16. The molecule has 3 heterocycles. The van der Waals surface area contributed by atoms with Gasteiger partial charge < -0.3 is 10.3 Å². The fraction of sp³-hybridized carbons (Fsp3) is 0.368. The van der Waals surface area contributed by atoms with Gasteiger partial charge in [0.2, 0.25) is 5.91 Å². The summed E-state index contributed by atoms with van der Waals surface area (Å²) >= 11 is 0. The largest absolute Gasteiger partial charge is 0.348 e. The van der Waals surface area contributed by atoms with Crippen molar-refractivity contribution in [2.24, 2.45) is 0 Å². The average Bonchev–Trinajstić information content (AvgIpc) is 3.31. The maximum atomic E-state index is 11.3. The second kappa shape index (κ2) is 7.32. The smallest absolute Gasteiger partial charge is 0.221 e. The first-order valence-electron chi connectivity index (χ1n) is 9.16. The molecule has 8 heteroatoms. The number of hydrogen-bond donors (Lipinski definition) is 2. The second-order valence-corrected chi connectivity index (χ2v) is 6.68. The molecule has 8 nitrogen and oxygen atoms in total. The van der Waals surface area contributed by atoms with Crippen LogP contribution in [0.1, 0.15) is 42.7 Å². The molecule has 0 fully saturated rings. The van der Waals surface area contributed by atoms with Gasteiger partial charge in [-0.15, -0.1) is 0 Å². The lowest BCUT2D eigenvalue weighted by Crippen LogP contribution is -2.36. The van der Waals surface area contributed by atoms with Gasteiger partial charge in [0.1, 0.15) is 12.2 Å². The molecular weight excluding hydrogens is 342 g/mol. The number of nitrogens with zero attached hydrogens (tertiary/aromatic N) is 5. The number of carbonyl (C=O) groups excluding carboxylic acids is 1. The molecule has 1 aliphatic heterocycles. The van der Waals surface area contributed by atoms with Gasteiger partial charge >= 0.3 is 0 Å². The minimum Gasteiger partial charge on any atom is -0.348 e. The topological polar surface area (TPSA) is 91.7 Å². The van der Waals surface area contributed by atoms with Crippen molar-refractivity contribution in [2.75, 3.05) is 11.9 Å². The molecule has 0 unspecified atom stereocenters. The van der Waals surface area contributed by atoms with Crippen molar-refractivity contribution in [1.82, 2.24) is 29.6 Å². The number of nitrogens with one attached hydrogen (secondary N) is 2. The number of rotatable bonds is 5. The fourth-order valence-corrected chi connectivity index (χ4v) is 3.67. The van der Waals surface area contributed by atoms with Crippen LogP contribution in [0.15, 0.2) is 36.9 Å². The van der Waals surface area contributed by atoms with Crippen LogP contribution in [0.3, 0.4) is 0 Å². The predicted molar refractivity (Wildman–Crippen MR) is 101 cm³/mol. The number of fused-ring (bicyclic) bond motifs is 1. The van der Waals surface area contributed by atoms with Crippen molar-refractivity contribution < 1.29 is 4.79 Å². The van der Waals surface area contributed by atoms with E-state index in [9.17, 15) is 4.79 Å². The molecule has 1 amide bonds. The van der Waals surface area contributed by atoms with Gasteiger partial charge in [0.15, 0.2) is 0 Å². The Morgan fingerprint density at radius 3 is 2.85 bits per heavy atom. The third-order valence-electron chi connectivity index (χ3n) is 4.91. The zero-order valence-electron chi connectivity index (χ0n) is 15.5. The van der Waals surface area contributed by atoms with Gasteiger partial charge in [0, 0.05) is 37.8 Å². The van der Waals surface area contributed by atoms with Crippen molar-refractivity contribution in [3.05, 3.63) is 59.7 Å². The maximum Gasteiger partial charge on any atom is 0.221 e. The number of benzene rings is 1. The molecule has 0 saturated carbocycles. The number of aromatic amines is 1. The molecular formula is C19H23N7O. The summed E-state index contributed by atoms with van der Waals surface area (Å²) in [6, 6.07) is 8.01. The number of amides is 1. The molecule has 1 aromatic carbocycles. The molecule has 140 valence electrons. The summed E-state index contributed by atoms with van der Waals surface area (Å²) in [6.45, 7) is 5.99. The average molecular weight is 365 g/mol. The number of aromatic nitrogens is 5. The first-order chi connectivity index (χ1) is 13.2. The Balaban J connectivity index is 1.66. The summed E-state index contributed by atoms with van der Waals surface area (Å²) < 4.78 is 1.93. The molecule has 4 rings (SSSR count). The number of H-pyrrole nitrogens is 1. The van der Waals surface area contributed by atoms with E-state index in [0.717, 1.165) is 42.3 Å². The zero-order chi connectivity index (χ0) is 18.8. The van der Waals surface area contributed by atoms with Gasteiger partial charge in [-0.05, 0) is 24.6 Å². The summed E-state index contributed by atoms with van der Waals surface area (Å²) in [5.41, 5.74) is 4.16. The lowest BCUT2D eigenvalue weighted by atomic mass is 9.95. The highest BCUT2D eigenvalue weighted by atomic mass is 16.1. The van der Waals surface area contributed by atoms with Crippen molar-refractivity contribution in [3.63, 3.8) is 0 Å². The Morgan fingerprint density at radius 1 is 1.30 bits per heavy atom. The molecule has 1 aliphatic rings. The van der Waals surface area contributed by atoms with Crippen LogP contribution in [-0.2, 0) is 24.3 Å². The molecule has 0 saturated heterocycles. The predicted octanol–water partition coefficient (Wildman–Crippen LogP) is 2.13. The second-order valence-electron chi connectivity index (χ2n) is 6.68. The molecule has 27 heavy (non-hydrogen) atoms. The zero-order valence-corrected chi connectivity index (χ0v) is 15.5. The lowest BCUT2D eigenvalue weighted by Gasteiger charge is -2.35. The van der Waals surface area contributed by atoms with Crippen LogP contribution >= 0.6 is 0 Å². The number of anilines is 1. The van der Waals surface area contributed by atoms with Gasteiger partial charge in [-0.25, -0.2) is 14.6 Å². The normalized spacial score (nSPS) is 16.9. The van der Waals surface area contributed by atoms with E-state index in [1.165, 1.54) is 12.6 Å². The molecule has 0 spiro atoms. The van der Waals surface area contributed by atoms with E-state index in [0.29, 0.717) is 6.54 Å². The fourth-order valence-electron chi connectivity index (χ4n) is 3.67. The quantitative estimate of drug-likeness (QED) is 0.723. The van der Waals surface area contributed by atoms with Crippen LogP contribution in [0, 0.1) is 0 Å². The molecule has 0 radical (unpaired) electrons. The standard InChI is InChI=1S/C19H23N7O/c1-3-26-17(21-12-23-26)10-25-9-8-16-18(22-11-20-16)19(25)14-4-6-15(7-5-14)24-13(2)27/h4-7,11-12,19H,3,8-10H2,1-2H3,(H,20,22)(H,24,27)/t19-/m0/s1. The molecule has 3 aromatic rings. The monoisotopic (exact) mass is 365 g/mol. The number of imidazole rings is 1.